The van der Waals surface area contributed by atoms with Gasteiger partial charge in [-0.3, -0.25) is 4.48 Å². The highest BCUT2D eigenvalue weighted by Crippen LogP contribution is 2.34. The fourth-order valence-electron chi connectivity index (χ4n) is 5.57. The smallest absolute Gasteiger partial charge is 0.362 e. The zero-order chi connectivity index (χ0) is 27.4. The number of unbranched alkanes of at least 4 members (excludes halogenated alkanes) is 8. The molecule has 0 rings (SSSR count). The number of hydrogen-bond acceptors (Lipinski definition) is 3. The van der Waals surface area contributed by atoms with Crippen molar-refractivity contribution in [3.05, 3.63) is 12.2 Å². The van der Waals surface area contributed by atoms with Gasteiger partial charge in [-0.25, -0.2) is 14.4 Å². The topological polar surface area (TPSA) is 112 Å². The van der Waals surface area contributed by atoms with E-state index in [1.54, 1.807) is 0 Å². The predicted molar refractivity (Wildman–Crippen MR) is 145 cm³/mol. The summed E-state index contributed by atoms with van der Waals surface area (Å²) in [5, 5.41) is 30.7. The van der Waals surface area contributed by atoms with E-state index in [1.807, 2.05) is 20.8 Å². The van der Waals surface area contributed by atoms with E-state index in [-0.39, 0.29) is 30.3 Å². The van der Waals surface area contributed by atoms with Gasteiger partial charge in [-0.1, -0.05) is 65.5 Å². The highest BCUT2D eigenvalue weighted by atomic mass is 16.4. The van der Waals surface area contributed by atoms with Gasteiger partial charge in [0.05, 0.1) is 6.54 Å². The first kappa shape index (κ1) is 34.1. The van der Waals surface area contributed by atoms with E-state index >= 15 is 0 Å². The van der Waals surface area contributed by atoms with Gasteiger partial charge in [0.15, 0.2) is 18.1 Å². The monoisotopic (exact) mass is 512 g/mol. The number of rotatable bonds is 24. The molecule has 210 valence electrons. The van der Waals surface area contributed by atoms with Crippen molar-refractivity contribution in [1.82, 2.24) is 0 Å². The Morgan fingerprint density at radius 1 is 0.556 bits per heavy atom. The van der Waals surface area contributed by atoms with Crippen LogP contribution in [0.1, 0.15) is 130 Å². The third-order valence-corrected chi connectivity index (χ3v) is 7.34. The van der Waals surface area contributed by atoms with Crippen molar-refractivity contribution in [2.45, 2.75) is 149 Å². The van der Waals surface area contributed by atoms with Crippen molar-refractivity contribution in [3.8, 4) is 0 Å². The van der Waals surface area contributed by atoms with Crippen molar-refractivity contribution >= 4 is 17.9 Å². The fourth-order valence-corrected chi connectivity index (χ4v) is 5.57. The lowest BCUT2D eigenvalue weighted by Gasteiger charge is -2.50. The summed E-state index contributed by atoms with van der Waals surface area (Å²) in [6, 6.07) is -3.14. The maximum Gasteiger partial charge on any atom is 0.362 e. The minimum Gasteiger partial charge on any atom is -0.477 e. The molecule has 0 aromatic heterocycles. The highest BCUT2D eigenvalue weighted by Gasteiger charge is 2.56. The van der Waals surface area contributed by atoms with Gasteiger partial charge in [-0.15, -0.1) is 0 Å². The van der Waals surface area contributed by atoms with Gasteiger partial charge in [0, 0.05) is 19.3 Å². The van der Waals surface area contributed by atoms with Crippen LogP contribution in [0.4, 0.5) is 0 Å². The maximum absolute atomic E-state index is 12.5. The standard InChI is InChI=1S/C29H53NO6/c1-5-9-10-11-12-13-14-15-16-17-18-19-23-30(24(20-6-2)27(31)32,25(21-7-3)28(33)34)26(22-8-4)29(35)36/h12-13,24-26H,5-11,14-23H2,1-4H3,(H2-,31,32,33,34,35,36)/p+1/b13-12+. The van der Waals surface area contributed by atoms with Gasteiger partial charge in [-0.2, -0.15) is 0 Å². The lowest BCUT2D eigenvalue weighted by molar-refractivity contribution is -0.973. The summed E-state index contributed by atoms with van der Waals surface area (Å²) in [6.45, 7) is 8.08. The third kappa shape index (κ3) is 11.4. The number of carboxylic acids is 3. The quantitative estimate of drug-likeness (QED) is 0.0726. The molecule has 0 aliphatic carbocycles. The van der Waals surface area contributed by atoms with E-state index in [0.29, 0.717) is 25.7 Å². The minimum atomic E-state index is -1.09. The second-order valence-corrected chi connectivity index (χ2v) is 10.2. The Balaban J connectivity index is 5.62. The molecule has 3 N–H and O–H groups in total. The Bertz CT molecular complexity index is 588. The van der Waals surface area contributed by atoms with Crippen LogP contribution < -0.4 is 0 Å². The summed E-state index contributed by atoms with van der Waals surface area (Å²) in [5.41, 5.74) is 0. The number of nitrogens with zero attached hydrogens (tertiary/aromatic N) is 1. The van der Waals surface area contributed by atoms with Crippen LogP contribution in [0.2, 0.25) is 0 Å². The van der Waals surface area contributed by atoms with E-state index in [9.17, 15) is 29.7 Å². The van der Waals surface area contributed by atoms with Crippen molar-refractivity contribution in [2.75, 3.05) is 6.54 Å². The number of carbonyl (C=O) groups is 3. The van der Waals surface area contributed by atoms with Gasteiger partial charge in [-0.05, 0) is 57.8 Å². The second kappa shape index (κ2) is 20.2. The molecular weight excluding hydrogens is 458 g/mol. The maximum atomic E-state index is 12.5. The van der Waals surface area contributed by atoms with Crippen molar-refractivity contribution in [1.29, 1.82) is 0 Å². The number of aliphatic carboxylic acids is 3. The average molecular weight is 513 g/mol. The molecule has 0 heterocycles. The molecule has 0 bridgehead atoms. The molecular formula is C29H54NO6+. The molecule has 0 saturated carbocycles. The lowest BCUT2D eigenvalue weighted by Crippen LogP contribution is -2.72. The molecule has 3 unspecified atom stereocenters. The Labute approximate surface area is 219 Å². The Morgan fingerprint density at radius 2 is 0.917 bits per heavy atom. The first-order valence-electron chi connectivity index (χ1n) is 14.4. The zero-order valence-electron chi connectivity index (χ0n) is 23.4. The first-order chi connectivity index (χ1) is 17.2. The summed E-state index contributed by atoms with van der Waals surface area (Å²) >= 11 is 0. The van der Waals surface area contributed by atoms with Crippen LogP contribution in [-0.2, 0) is 14.4 Å². The molecule has 0 amide bonds. The molecule has 0 radical (unpaired) electrons. The molecule has 0 saturated heterocycles. The van der Waals surface area contributed by atoms with Gasteiger partial charge in [0.25, 0.3) is 0 Å². The van der Waals surface area contributed by atoms with Crippen LogP contribution in [0.5, 0.6) is 0 Å². The molecule has 0 aromatic carbocycles. The van der Waals surface area contributed by atoms with E-state index in [0.717, 1.165) is 38.5 Å². The van der Waals surface area contributed by atoms with E-state index in [2.05, 4.69) is 19.1 Å². The first-order valence-corrected chi connectivity index (χ1v) is 14.4. The summed E-state index contributed by atoms with van der Waals surface area (Å²) in [5.74, 6) is -3.27. The normalized spacial score (nSPS) is 15.9. The van der Waals surface area contributed by atoms with Crippen LogP contribution in [0.3, 0.4) is 0 Å². The zero-order valence-corrected chi connectivity index (χ0v) is 23.4. The van der Waals surface area contributed by atoms with Crippen LogP contribution in [0, 0.1) is 0 Å². The van der Waals surface area contributed by atoms with Crippen molar-refractivity contribution in [2.24, 2.45) is 0 Å². The number of carboxylic acid groups (broad SMARTS) is 3. The van der Waals surface area contributed by atoms with E-state index in [1.165, 1.54) is 19.3 Å². The number of allylic oxidation sites excluding steroid dienone is 2. The summed E-state index contributed by atoms with van der Waals surface area (Å²) < 4.78 is -0.379. The number of quaternary nitrogens is 1. The lowest BCUT2D eigenvalue weighted by atomic mass is 9.91. The Kier molecular flexibility index (Phi) is 19.1. The summed E-state index contributed by atoms with van der Waals surface area (Å²) in [4.78, 5) is 37.5. The van der Waals surface area contributed by atoms with Crippen LogP contribution in [0.15, 0.2) is 12.2 Å². The van der Waals surface area contributed by atoms with Gasteiger partial charge < -0.3 is 15.3 Å². The molecule has 36 heavy (non-hydrogen) atoms. The third-order valence-electron chi connectivity index (χ3n) is 7.34. The molecule has 3 atom stereocenters. The molecule has 0 aromatic rings. The fraction of sp³-hybridized carbons (Fsp3) is 0.828. The summed E-state index contributed by atoms with van der Waals surface area (Å²) in [6.07, 6.45) is 17.5. The Morgan fingerprint density at radius 3 is 1.28 bits per heavy atom. The highest BCUT2D eigenvalue weighted by molar-refractivity contribution is 5.78. The van der Waals surface area contributed by atoms with E-state index < -0.39 is 36.0 Å². The molecule has 0 aliphatic rings. The van der Waals surface area contributed by atoms with Crippen LogP contribution in [-0.4, -0.2) is 62.4 Å². The number of hydrogen-bond donors (Lipinski definition) is 3. The van der Waals surface area contributed by atoms with Crippen molar-refractivity contribution < 1.29 is 34.2 Å². The van der Waals surface area contributed by atoms with Crippen molar-refractivity contribution in [3.63, 3.8) is 0 Å². The molecule has 7 heteroatoms. The molecule has 7 nitrogen and oxygen atoms in total. The van der Waals surface area contributed by atoms with Crippen LogP contribution in [0.25, 0.3) is 0 Å². The van der Waals surface area contributed by atoms with Crippen LogP contribution >= 0.6 is 0 Å². The predicted octanol–water partition coefficient (Wildman–Crippen LogP) is 7.04. The molecule has 0 fully saturated rings. The molecule has 0 spiro atoms. The van der Waals surface area contributed by atoms with E-state index in [4.69, 9.17) is 0 Å². The largest absolute Gasteiger partial charge is 0.477 e. The second-order valence-electron chi connectivity index (χ2n) is 10.2. The average Bonchev–Trinajstić information content (AvgIpc) is 2.83. The van der Waals surface area contributed by atoms with Gasteiger partial charge in [0.2, 0.25) is 0 Å². The molecule has 0 aliphatic heterocycles. The van der Waals surface area contributed by atoms with Gasteiger partial charge >= 0.3 is 17.9 Å². The SMILES string of the molecule is CCCCC/C=C/CCCCCCC[N+](C(CCC)C(=O)O)(C(CCC)C(=O)O)C(CCC)C(=O)O. The van der Waals surface area contributed by atoms with Gasteiger partial charge in [0.1, 0.15) is 0 Å². The Hall–Kier alpha value is -1.89. The summed E-state index contributed by atoms with van der Waals surface area (Å²) in [7, 11) is 0. The minimum absolute atomic E-state index is 0.265.